The number of methoxy groups -OCH3 is 1. The normalized spacial score (nSPS) is 11.2. The Balaban J connectivity index is 1.53. The zero-order valence-corrected chi connectivity index (χ0v) is 22.9. The van der Waals surface area contributed by atoms with Gasteiger partial charge in [0.05, 0.1) is 17.3 Å². The van der Waals surface area contributed by atoms with E-state index in [4.69, 9.17) is 19.2 Å². The van der Waals surface area contributed by atoms with Crippen LogP contribution < -0.4 is 9.47 Å². The summed E-state index contributed by atoms with van der Waals surface area (Å²) in [6, 6.07) is 31.4. The zero-order chi connectivity index (χ0) is 27.5. The van der Waals surface area contributed by atoms with Gasteiger partial charge in [-0.15, -0.1) is 11.3 Å². The van der Waals surface area contributed by atoms with Crippen LogP contribution in [0.2, 0.25) is 0 Å². The summed E-state index contributed by atoms with van der Waals surface area (Å²) in [7, 11) is 1.36. The molecule has 0 aliphatic rings. The summed E-state index contributed by atoms with van der Waals surface area (Å²) in [6.07, 6.45) is -0.490. The van der Waals surface area contributed by atoms with E-state index in [2.05, 4.69) is 4.98 Å². The molecule has 0 atom stereocenters. The van der Waals surface area contributed by atoms with Crippen LogP contribution in [-0.2, 0) is 11.3 Å². The number of thiazole rings is 1. The fourth-order valence-corrected chi connectivity index (χ4v) is 5.55. The minimum atomic E-state index is -0.505. The number of benzene rings is 4. The molecule has 0 spiro atoms. The highest BCUT2D eigenvalue weighted by Gasteiger charge is 2.25. The van der Waals surface area contributed by atoms with E-state index >= 15 is 0 Å². The van der Waals surface area contributed by atoms with Crippen molar-refractivity contribution in [3.63, 3.8) is 0 Å². The molecule has 198 valence electrons. The van der Waals surface area contributed by atoms with Gasteiger partial charge >= 0.3 is 5.97 Å². The van der Waals surface area contributed by atoms with E-state index in [1.54, 1.807) is 11.6 Å². The predicted molar refractivity (Wildman–Crippen MR) is 157 cm³/mol. The Bertz CT molecular complexity index is 1760. The number of carbonyl (C=O) groups is 1. The van der Waals surface area contributed by atoms with Crippen LogP contribution in [0.3, 0.4) is 0 Å². The van der Waals surface area contributed by atoms with Gasteiger partial charge in [0, 0.05) is 10.9 Å². The molecule has 40 heavy (non-hydrogen) atoms. The molecule has 6 rings (SSSR count). The van der Waals surface area contributed by atoms with E-state index in [9.17, 15) is 4.79 Å². The van der Waals surface area contributed by atoms with Crippen LogP contribution in [0.25, 0.3) is 21.3 Å². The van der Waals surface area contributed by atoms with Crippen molar-refractivity contribution in [2.45, 2.75) is 19.6 Å². The Labute approximate surface area is 235 Å². The van der Waals surface area contributed by atoms with Crippen LogP contribution in [-0.4, -0.2) is 23.0 Å². The van der Waals surface area contributed by atoms with Gasteiger partial charge < -0.3 is 14.2 Å². The Hall–Kier alpha value is -4.75. The first-order chi connectivity index (χ1) is 19.6. The van der Waals surface area contributed by atoms with Gasteiger partial charge in [-0.05, 0) is 41.8 Å². The summed E-state index contributed by atoms with van der Waals surface area (Å²) in [6.45, 7) is 2.34. The first-order valence-electron chi connectivity index (χ1n) is 12.9. The lowest BCUT2D eigenvalue weighted by atomic mass is 10.0. The molecule has 0 fully saturated rings. The van der Waals surface area contributed by atoms with Crippen molar-refractivity contribution in [1.82, 2.24) is 9.97 Å². The maximum Gasteiger partial charge on any atom is 0.341 e. The molecular weight excluding hydrogens is 520 g/mol. The Morgan fingerprint density at radius 3 is 2.30 bits per heavy atom. The molecule has 6 nitrogen and oxygen atoms in total. The first kappa shape index (κ1) is 25.5. The maximum atomic E-state index is 13.0. The highest BCUT2D eigenvalue weighted by Crippen LogP contribution is 2.39. The number of aryl methyl sites for hydroxylation is 1. The molecule has 2 heterocycles. The van der Waals surface area contributed by atoms with Crippen LogP contribution in [0.1, 0.15) is 38.7 Å². The van der Waals surface area contributed by atoms with Crippen molar-refractivity contribution in [1.29, 1.82) is 0 Å². The van der Waals surface area contributed by atoms with Crippen molar-refractivity contribution < 1.29 is 19.0 Å². The van der Waals surface area contributed by atoms with E-state index in [1.165, 1.54) is 18.4 Å². The summed E-state index contributed by atoms with van der Waals surface area (Å²) in [5, 5.41) is 0.826. The molecule has 4 aromatic carbocycles. The number of hydrogen-bond acceptors (Lipinski definition) is 7. The number of nitrogens with zero attached hydrogens (tertiary/aromatic N) is 2. The molecule has 0 bridgehead atoms. The third-order valence-corrected chi connectivity index (χ3v) is 7.59. The predicted octanol–water partition coefficient (Wildman–Crippen LogP) is 7.69. The molecule has 6 aromatic rings. The summed E-state index contributed by atoms with van der Waals surface area (Å²) < 4.78 is 19.1. The molecule has 0 amide bonds. The van der Waals surface area contributed by atoms with Gasteiger partial charge in [0.2, 0.25) is 0 Å². The summed E-state index contributed by atoms with van der Waals surface area (Å²) in [5.41, 5.74) is 7.10. The standard InChI is InChI=1S/C33H26N2O4S/c1-21-10-9-15-24(18-21)38-19-27-25-16-17-26(33(36)37-2)30(28(25)35-32-31(27)40-20-34-32)39-29(22-11-5-3-6-12-22)23-13-7-4-8-14-23/h3-18,20,29H,19H2,1-2H3. The van der Waals surface area contributed by atoms with Gasteiger partial charge in [0.15, 0.2) is 11.4 Å². The van der Waals surface area contributed by atoms with Crippen molar-refractivity contribution in [3.05, 3.63) is 130 Å². The summed E-state index contributed by atoms with van der Waals surface area (Å²) in [4.78, 5) is 22.4. The summed E-state index contributed by atoms with van der Waals surface area (Å²) in [5.74, 6) is 0.613. The van der Waals surface area contributed by atoms with Gasteiger partial charge in [-0.25, -0.2) is 14.8 Å². The SMILES string of the molecule is COC(=O)c1ccc2c(COc3cccc(C)c3)c3scnc3nc2c1OC(c1ccccc1)c1ccccc1. The van der Waals surface area contributed by atoms with E-state index in [1.807, 2.05) is 97.9 Å². The Morgan fingerprint density at radius 1 is 0.900 bits per heavy atom. The number of pyridine rings is 1. The van der Waals surface area contributed by atoms with E-state index < -0.39 is 12.1 Å². The van der Waals surface area contributed by atoms with E-state index in [-0.39, 0.29) is 0 Å². The van der Waals surface area contributed by atoms with Gasteiger partial charge in [0.1, 0.15) is 29.5 Å². The van der Waals surface area contributed by atoms with Crippen molar-refractivity contribution in [3.8, 4) is 11.5 Å². The molecular formula is C33H26N2O4S. The van der Waals surface area contributed by atoms with Gasteiger partial charge in [-0.2, -0.15) is 0 Å². The molecule has 0 saturated carbocycles. The first-order valence-corrected chi connectivity index (χ1v) is 13.7. The molecule has 2 aromatic heterocycles. The average Bonchev–Trinajstić information content (AvgIpc) is 3.47. The van der Waals surface area contributed by atoms with Crippen LogP contribution in [0.4, 0.5) is 0 Å². The van der Waals surface area contributed by atoms with Crippen LogP contribution >= 0.6 is 11.3 Å². The number of carbonyl (C=O) groups excluding carboxylic acids is 1. The molecule has 0 N–H and O–H groups in total. The molecule has 0 unspecified atom stereocenters. The number of esters is 1. The van der Waals surface area contributed by atoms with E-state index in [0.717, 1.165) is 38.1 Å². The minimum Gasteiger partial charge on any atom is -0.489 e. The lowest BCUT2D eigenvalue weighted by Gasteiger charge is -2.23. The highest BCUT2D eigenvalue weighted by molar-refractivity contribution is 7.17. The maximum absolute atomic E-state index is 13.0. The number of fused-ring (bicyclic) bond motifs is 2. The Kier molecular flexibility index (Phi) is 7.12. The second-order valence-corrected chi connectivity index (χ2v) is 10.2. The lowest BCUT2D eigenvalue weighted by molar-refractivity contribution is 0.0594. The number of rotatable bonds is 8. The highest BCUT2D eigenvalue weighted by atomic mass is 32.1. The molecule has 0 aliphatic carbocycles. The van der Waals surface area contributed by atoms with Gasteiger partial charge in [0.25, 0.3) is 0 Å². The fraction of sp³-hybridized carbons (Fsp3) is 0.121. The third-order valence-electron chi connectivity index (χ3n) is 6.72. The molecule has 7 heteroatoms. The largest absolute Gasteiger partial charge is 0.489 e. The number of hydrogen-bond donors (Lipinski definition) is 0. The van der Waals surface area contributed by atoms with Crippen molar-refractivity contribution >= 4 is 38.6 Å². The zero-order valence-electron chi connectivity index (χ0n) is 22.0. The van der Waals surface area contributed by atoms with Crippen molar-refractivity contribution in [2.24, 2.45) is 0 Å². The topological polar surface area (TPSA) is 70.5 Å². The average molecular weight is 547 g/mol. The van der Waals surface area contributed by atoms with Crippen LogP contribution in [0.15, 0.2) is 103 Å². The third kappa shape index (κ3) is 4.99. The fourth-order valence-electron chi connectivity index (χ4n) is 4.78. The Morgan fingerprint density at radius 2 is 1.62 bits per heavy atom. The minimum absolute atomic E-state index is 0.291. The van der Waals surface area contributed by atoms with Gasteiger partial charge in [-0.3, -0.25) is 0 Å². The number of ether oxygens (including phenoxy) is 3. The van der Waals surface area contributed by atoms with Crippen LogP contribution in [0.5, 0.6) is 11.5 Å². The van der Waals surface area contributed by atoms with Gasteiger partial charge in [-0.1, -0.05) is 78.9 Å². The second-order valence-electron chi connectivity index (χ2n) is 9.35. The van der Waals surface area contributed by atoms with E-state index in [0.29, 0.717) is 29.1 Å². The quantitative estimate of drug-likeness (QED) is 0.182. The second kappa shape index (κ2) is 11.2. The molecule has 0 aliphatic heterocycles. The van der Waals surface area contributed by atoms with Crippen LogP contribution in [0, 0.1) is 6.92 Å². The molecule has 0 saturated heterocycles. The smallest absolute Gasteiger partial charge is 0.341 e. The lowest BCUT2D eigenvalue weighted by Crippen LogP contribution is -2.14. The van der Waals surface area contributed by atoms with Crippen molar-refractivity contribution in [2.75, 3.05) is 7.11 Å². The monoisotopic (exact) mass is 546 g/mol. The number of aromatic nitrogens is 2. The summed E-state index contributed by atoms with van der Waals surface area (Å²) >= 11 is 1.51. The molecule has 0 radical (unpaired) electrons.